The largest absolute Gasteiger partial charge is 0.465 e. The van der Waals surface area contributed by atoms with Gasteiger partial charge in [-0.25, -0.2) is 4.79 Å². The molecule has 1 aliphatic heterocycles. The molecule has 0 aromatic carbocycles. The van der Waals surface area contributed by atoms with E-state index in [9.17, 15) is 18.0 Å². The molecule has 21 heavy (non-hydrogen) atoms. The van der Waals surface area contributed by atoms with Gasteiger partial charge in [0.25, 0.3) is 0 Å². The van der Waals surface area contributed by atoms with Gasteiger partial charge in [-0.2, -0.15) is 13.2 Å². The highest BCUT2D eigenvalue weighted by Crippen LogP contribution is 2.23. The van der Waals surface area contributed by atoms with Crippen molar-refractivity contribution in [3.05, 3.63) is 29.6 Å². The summed E-state index contributed by atoms with van der Waals surface area (Å²) in [6.07, 6.45) is -4.94. The standard InChI is InChI=1S/C13H16F3N3O2/c14-13(15,16)8-11-10(2-1-3-17-11)9-18-4-6-19(7-5-18)12(20)21/h1-3H,4-9H2,(H,20,21). The minimum Gasteiger partial charge on any atom is -0.465 e. The van der Waals surface area contributed by atoms with Crippen LogP contribution in [0.15, 0.2) is 18.3 Å². The molecule has 1 N–H and O–H groups in total. The molecule has 0 atom stereocenters. The number of carboxylic acid groups (broad SMARTS) is 1. The number of halogens is 3. The Morgan fingerprint density at radius 2 is 1.95 bits per heavy atom. The SMILES string of the molecule is O=C(O)N1CCN(Cc2cccnc2CC(F)(F)F)CC1. The van der Waals surface area contributed by atoms with E-state index in [1.807, 2.05) is 4.90 Å². The summed E-state index contributed by atoms with van der Waals surface area (Å²) in [5.74, 6) is 0. The summed E-state index contributed by atoms with van der Waals surface area (Å²) >= 11 is 0. The molecule has 1 fully saturated rings. The van der Waals surface area contributed by atoms with Crippen LogP contribution in [0, 0.1) is 0 Å². The quantitative estimate of drug-likeness (QED) is 0.927. The Morgan fingerprint density at radius 3 is 2.52 bits per heavy atom. The Bertz CT molecular complexity index is 500. The van der Waals surface area contributed by atoms with Crippen LogP contribution in [0.2, 0.25) is 0 Å². The molecule has 2 heterocycles. The van der Waals surface area contributed by atoms with Gasteiger partial charge in [0.2, 0.25) is 0 Å². The van der Waals surface area contributed by atoms with Crippen LogP contribution in [-0.2, 0) is 13.0 Å². The molecular weight excluding hydrogens is 287 g/mol. The van der Waals surface area contributed by atoms with E-state index in [0.29, 0.717) is 38.3 Å². The lowest BCUT2D eigenvalue weighted by Crippen LogP contribution is -2.47. The average molecular weight is 303 g/mol. The molecular formula is C13H16F3N3O2. The average Bonchev–Trinajstić information content (AvgIpc) is 2.40. The number of aromatic nitrogens is 1. The van der Waals surface area contributed by atoms with Crippen LogP contribution < -0.4 is 0 Å². The second kappa shape index (κ2) is 6.30. The molecule has 0 radical (unpaired) electrons. The molecule has 0 aliphatic carbocycles. The van der Waals surface area contributed by atoms with Gasteiger partial charge in [-0.3, -0.25) is 9.88 Å². The molecule has 1 aromatic rings. The number of piperazine rings is 1. The zero-order valence-corrected chi connectivity index (χ0v) is 11.3. The fourth-order valence-electron chi connectivity index (χ4n) is 2.30. The van der Waals surface area contributed by atoms with Crippen molar-refractivity contribution in [3.8, 4) is 0 Å². The number of nitrogens with zero attached hydrogens (tertiary/aromatic N) is 3. The molecule has 0 spiro atoms. The van der Waals surface area contributed by atoms with Crippen LogP contribution in [0.3, 0.4) is 0 Å². The highest BCUT2D eigenvalue weighted by Gasteiger charge is 2.30. The Hall–Kier alpha value is -1.83. The first-order valence-corrected chi connectivity index (χ1v) is 6.55. The number of hydrogen-bond donors (Lipinski definition) is 1. The number of pyridine rings is 1. The molecule has 116 valence electrons. The van der Waals surface area contributed by atoms with Crippen molar-refractivity contribution in [2.24, 2.45) is 0 Å². The fraction of sp³-hybridized carbons (Fsp3) is 0.538. The molecule has 1 saturated heterocycles. The van der Waals surface area contributed by atoms with Gasteiger partial charge in [0.05, 0.1) is 12.1 Å². The summed E-state index contributed by atoms with van der Waals surface area (Å²) in [5.41, 5.74) is 0.573. The second-order valence-corrected chi connectivity index (χ2v) is 4.95. The van der Waals surface area contributed by atoms with Crippen LogP contribution >= 0.6 is 0 Å². The van der Waals surface area contributed by atoms with Gasteiger partial charge in [-0.15, -0.1) is 0 Å². The molecule has 1 aliphatic rings. The summed E-state index contributed by atoms with van der Waals surface area (Å²) < 4.78 is 37.5. The lowest BCUT2D eigenvalue weighted by atomic mass is 10.1. The maximum Gasteiger partial charge on any atom is 0.407 e. The topological polar surface area (TPSA) is 56.7 Å². The number of amides is 1. The van der Waals surface area contributed by atoms with E-state index in [1.165, 1.54) is 11.1 Å². The minimum absolute atomic E-state index is 0.0330. The summed E-state index contributed by atoms with van der Waals surface area (Å²) in [5, 5.41) is 8.86. The summed E-state index contributed by atoms with van der Waals surface area (Å²) in [4.78, 5) is 17.9. The van der Waals surface area contributed by atoms with Gasteiger partial charge in [0.1, 0.15) is 0 Å². The molecule has 5 nitrogen and oxygen atoms in total. The van der Waals surface area contributed by atoms with Gasteiger partial charge in [-0.1, -0.05) is 6.07 Å². The maximum atomic E-state index is 12.5. The van der Waals surface area contributed by atoms with Crippen molar-refractivity contribution in [1.29, 1.82) is 0 Å². The van der Waals surface area contributed by atoms with E-state index in [2.05, 4.69) is 4.98 Å². The van der Waals surface area contributed by atoms with Crippen LogP contribution in [0.25, 0.3) is 0 Å². The van der Waals surface area contributed by atoms with E-state index in [4.69, 9.17) is 5.11 Å². The van der Waals surface area contributed by atoms with Crippen LogP contribution in [0.1, 0.15) is 11.3 Å². The van der Waals surface area contributed by atoms with Crippen molar-refractivity contribution < 1.29 is 23.1 Å². The van der Waals surface area contributed by atoms with Crippen molar-refractivity contribution >= 4 is 6.09 Å². The molecule has 0 unspecified atom stereocenters. The normalized spacial score (nSPS) is 17.0. The zero-order valence-electron chi connectivity index (χ0n) is 11.3. The van der Waals surface area contributed by atoms with E-state index in [1.54, 1.807) is 12.1 Å². The summed E-state index contributed by atoms with van der Waals surface area (Å²) in [6.45, 7) is 2.10. The van der Waals surface area contributed by atoms with E-state index >= 15 is 0 Å². The van der Waals surface area contributed by atoms with Crippen LogP contribution in [0.5, 0.6) is 0 Å². The van der Waals surface area contributed by atoms with E-state index in [-0.39, 0.29) is 5.69 Å². The molecule has 2 rings (SSSR count). The van der Waals surface area contributed by atoms with E-state index in [0.717, 1.165) is 0 Å². The monoisotopic (exact) mass is 303 g/mol. The first kappa shape index (κ1) is 15.6. The third-order valence-corrected chi connectivity index (χ3v) is 3.39. The van der Waals surface area contributed by atoms with Crippen molar-refractivity contribution in [1.82, 2.24) is 14.8 Å². The first-order valence-electron chi connectivity index (χ1n) is 6.55. The van der Waals surface area contributed by atoms with Crippen LogP contribution in [0.4, 0.5) is 18.0 Å². The lowest BCUT2D eigenvalue weighted by molar-refractivity contribution is -0.128. The predicted molar refractivity (Wildman–Crippen MR) is 68.9 cm³/mol. The highest BCUT2D eigenvalue weighted by atomic mass is 19.4. The van der Waals surface area contributed by atoms with Gasteiger partial charge in [-0.05, 0) is 11.6 Å². The number of alkyl halides is 3. The molecule has 0 bridgehead atoms. The minimum atomic E-state index is -4.29. The van der Waals surface area contributed by atoms with Gasteiger partial charge in [0.15, 0.2) is 0 Å². The zero-order chi connectivity index (χ0) is 15.5. The fourth-order valence-corrected chi connectivity index (χ4v) is 2.30. The Balaban J connectivity index is 1.99. The van der Waals surface area contributed by atoms with E-state index < -0.39 is 18.7 Å². The Labute approximate surface area is 120 Å². The number of hydrogen-bond acceptors (Lipinski definition) is 3. The van der Waals surface area contributed by atoms with Crippen molar-refractivity contribution in [2.75, 3.05) is 26.2 Å². The van der Waals surface area contributed by atoms with Crippen molar-refractivity contribution in [3.63, 3.8) is 0 Å². The Morgan fingerprint density at radius 1 is 1.29 bits per heavy atom. The Kier molecular flexibility index (Phi) is 4.66. The summed E-state index contributed by atoms with van der Waals surface area (Å²) in [6, 6.07) is 3.25. The maximum absolute atomic E-state index is 12.5. The third kappa shape index (κ3) is 4.59. The first-order chi connectivity index (χ1) is 9.85. The molecule has 1 aromatic heterocycles. The van der Waals surface area contributed by atoms with Crippen molar-refractivity contribution in [2.45, 2.75) is 19.1 Å². The second-order valence-electron chi connectivity index (χ2n) is 4.95. The molecule has 1 amide bonds. The van der Waals surface area contributed by atoms with Crippen LogP contribution in [-0.4, -0.2) is 58.3 Å². The van der Waals surface area contributed by atoms with Gasteiger partial charge in [0, 0.05) is 38.9 Å². The smallest absolute Gasteiger partial charge is 0.407 e. The number of rotatable bonds is 3. The third-order valence-electron chi connectivity index (χ3n) is 3.39. The van der Waals surface area contributed by atoms with Gasteiger partial charge < -0.3 is 10.0 Å². The van der Waals surface area contributed by atoms with Gasteiger partial charge >= 0.3 is 12.3 Å². The molecule has 0 saturated carbocycles. The lowest BCUT2D eigenvalue weighted by Gasteiger charge is -2.33. The number of carbonyl (C=O) groups is 1. The predicted octanol–water partition coefficient (Wildman–Crippen LogP) is 1.98. The summed E-state index contributed by atoms with van der Waals surface area (Å²) in [7, 11) is 0. The highest BCUT2D eigenvalue weighted by molar-refractivity contribution is 5.65. The molecule has 8 heteroatoms.